The molecule has 1 unspecified atom stereocenters. The molecule has 19 heavy (non-hydrogen) atoms. The number of rotatable bonds is 4. The van der Waals surface area contributed by atoms with Gasteiger partial charge < -0.3 is 10.5 Å². The van der Waals surface area contributed by atoms with Gasteiger partial charge in [-0.3, -0.25) is 9.69 Å². The molecule has 0 aromatic carbocycles. The Balaban J connectivity index is 1.96. The minimum absolute atomic E-state index is 0.107. The number of nitrogens with zero attached hydrogens (tertiary/aromatic N) is 2. The lowest BCUT2D eigenvalue weighted by molar-refractivity contribution is -0.136. The van der Waals surface area contributed by atoms with Gasteiger partial charge in [0.1, 0.15) is 11.9 Å². The van der Waals surface area contributed by atoms with Gasteiger partial charge >= 0.3 is 0 Å². The standard InChI is InChI=1S/C14H21N3O2/c1-10(2)17-5-6-19-13(9-17)12(18)7-11-3-4-16-14(15)8-11/h3-4,8,10,13H,5-7,9H2,1-2H3,(H2,15,16). The average Bonchev–Trinajstić information content (AvgIpc) is 2.39. The van der Waals surface area contributed by atoms with Crippen LogP contribution in [0.2, 0.25) is 0 Å². The van der Waals surface area contributed by atoms with E-state index < -0.39 is 0 Å². The molecule has 1 fully saturated rings. The minimum atomic E-state index is -0.328. The van der Waals surface area contributed by atoms with Crippen molar-refractivity contribution in [2.24, 2.45) is 0 Å². The number of ether oxygens (including phenoxy) is 1. The molecule has 0 spiro atoms. The summed E-state index contributed by atoms with van der Waals surface area (Å²) in [5.74, 6) is 0.551. The number of carbonyl (C=O) groups excluding carboxylic acids is 1. The van der Waals surface area contributed by atoms with Crippen molar-refractivity contribution >= 4 is 11.6 Å². The SMILES string of the molecule is CC(C)N1CCOC(C(=O)Cc2ccnc(N)c2)C1. The second-order valence-electron chi connectivity index (χ2n) is 5.18. The zero-order valence-corrected chi connectivity index (χ0v) is 11.5. The van der Waals surface area contributed by atoms with Crippen LogP contribution < -0.4 is 5.73 Å². The first-order chi connectivity index (χ1) is 9.06. The van der Waals surface area contributed by atoms with Gasteiger partial charge in [-0.1, -0.05) is 0 Å². The van der Waals surface area contributed by atoms with Crippen LogP contribution in [0.5, 0.6) is 0 Å². The number of hydrogen-bond acceptors (Lipinski definition) is 5. The fraction of sp³-hybridized carbons (Fsp3) is 0.571. The van der Waals surface area contributed by atoms with Crippen molar-refractivity contribution < 1.29 is 9.53 Å². The maximum absolute atomic E-state index is 12.2. The molecule has 5 heteroatoms. The molecule has 1 aromatic rings. The lowest BCUT2D eigenvalue weighted by atomic mass is 10.0. The molecule has 1 saturated heterocycles. The summed E-state index contributed by atoms with van der Waals surface area (Å²) in [6.07, 6.45) is 1.65. The Kier molecular flexibility index (Phi) is 4.50. The maximum atomic E-state index is 12.2. The van der Waals surface area contributed by atoms with Crippen molar-refractivity contribution in [1.82, 2.24) is 9.88 Å². The Morgan fingerprint density at radius 1 is 1.63 bits per heavy atom. The van der Waals surface area contributed by atoms with Crippen LogP contribution in [-0.4, -0.2) is 47.5 Å². The molecule has 0 radical (unpaired) electrons. The Morgan fingerprint density at radius 3 is 3.11 bits per heavy atom. The first kappa shape index (κ1) is 14.0. The van der Waals surface area contributed by atoms with Gasteiger partial charge in [0.15, 0.2) is 5.78 Å². The van der Waals surface area contributed by atoms with Gasteiger partial charge in [-0.05, 0) is 31.5 Å². The highest BCUT2D eigenvalue weighted by atomic mass is 16.5. The number of pyridine rings is 1. The number of anilines is 1. The number of morpholine rings is 1. The van der Waals surface area contributed by atoms with Crippen LogP contribution >= 0.6 is 0 Å². The Bertz CT molecular complexity index is 448. The van der Waals surface area contributed by atoms with Gasteiger partial charge in [0, 0.05) is 31.7 Å². The van der Waals surface area contributed by atoms with Crippen LogP contribution in [0.15, 0.2) is 18.3 Å². The van der Waals surface area contributed by atoms with Crippen molar-refractivity contribution in [3.05, 3.63) is 23.9 Å². The van der Waals surface area contributed by atoms with E-state index in [1.54, 1.807) is 12.3 Å². The summed E-state index contributed by atoms with van der Waals surface area (Å²) in [7, 11) is 0. The van der Waals surface area contributed by atoms with Gasteiger partial charge in [-0.15, -0.1) is 0 Å². The van der Waals surface area contributed by atoms with Crippen molar-refractivity contribution in [2.75, 3.05) is 25.4 Å². The number of nitrogen functional groups attached to an aromatic ring is 1. The van der Waals surface area contributed by atoms with E-state index in [9.17, 15) is 4.79 Å². The Labute approximate surface area is 113 Å². The zero-order chi connectivity index (χ0) is 13.8. The van der Waals surface area contributed by atoms with Gasteiger partial charge in [-0.2, -0.15) is 0 Å². The first-order valence-electron chi connectivity index (χ1n) is 6.65. The Morgan fingerprint density at radius 2 is 2.42 bits per heavy atom. The van der Waals surface area contributed by atoms with E-state index in [-0.39, 0.29) is 11.9 Å². The van der Waals surface area contributed by atoms with Crippen molar-refractivity contribution in [3.8, 4) is 0 Å². The molecule has 1 aliphatic rings. The third kappa shape index (κ3) is 3.75. The van der Waals surface area contributed by atoms with Gasteiger partial charge in [-0.25, -0.2) is 4.98 Å². The number of Topliss-reactive ketones (excluding diaryl/α,β-unsaturated/α-hetero) is 1. The second kappa shape index (κ2) is 6.12. The van der Waals surface area contributed by atoms with Crippen LogP contribution in [0.25, 0.3) is 0 Å². The Hall–Kier alpha value is -1.46. The van der Waals surface area contributed by atoms with E-state index >= 15 is 0 Å². The summed E-state index contributed by atoms with van der Waals surface area (Å²) in [5, 5.41) is 0. The molecule has 0 saturated carbocycles. The number of nitrogens with two attached hydrogens (primary N) is 1. The monoisotopic (exact) mass is 263 g/mol. The van der Waals surface area contributed by atoms with E-state index in [2.05, 4.69) is 23.7 Å². The molecule has 0 bridgehead atoms. The number of aromatic nitrogens is 1. The van der Waals surface area contributed by atoms with Crippen LogP contribution in [0, 0.1) is 0 Å². The smallest absolute Gasteiger partial charge is 0.167 e. The molecule has 104 valence electrons. The number of hydrogen-bond donors (Lipinski definition) is 1. The third-order valence-electron chi connectivity index (χ3n) is 3.41. The molecular weight excluding hydrogens is 242 g/mol. The highest BCUT2D eigenvalue weighted by Gasteiger charge is 2.27. The quantitative estimate of drug-likeness (QED) is 0.873. The van der Waals surface area contributed by atoms with E-state index in [4.69, 9.17) is 10.5 Å². The molecule has 2 N–H and O–H groups in total. The summed E-state index contributed by atoms with van der Waals surface area (Å²) in [6.45, 7) is 6.46. The number of carbonyl (C=O) groups is 1. The first-order valence-corrected chi connectivity index (χ1v) is 6.65. The highest BCUT2D eigenvalue weighted by molar-refractivity contribution is 5.85. The summed E-state index contributed by atoms with van der Waals surface area (Å²) in [4.78, 5) is 18.4. The van der Waals surface area contributed by atoms with Crippen LogP contribution in [0.3, 0.4) is 0 Å². The fourth-order valence-electron chi connectivity index (χ4n) is 2.25. The third-order valence-corrected chi connectivity index (χ3v) is 3.41. The fourth-order valence-corrected chi connectivity index (χ4v) is 2.25. The molecule has 2 rings (SSSR count). The summed E-state index contributed by atoms with van der Waals surface area (Å²) >= 11 is 0. The van der Waals surface area contributed by atoms with Crippen molar-refractivity contribution in [1.29, 1.82) is 0 Å². The molecule has 2 heterocycles. The predicted molar refractivity (Wildman–Crippen MR) is 73.8 cm³/mol. The molecule has 1 aliphatic heterocycles. The van der Waals surface area contributed by atoms with E-state index in [1.807, 2.05) is 6.07 Å². The molecule has 1 aromatic heterocycles. The van der Waals surface area contributed by atoms with E-state index in [1.165, 1.54) is 0 Å². The van der Waals surface area contributed by atoms with E-state index in [0.717, 1.165) is 12.1 Å². The molecular formula is C14H21N3O2. The predicted octanol–water partition coefficient (Wildman–Crippen LogP) is 0.885. The average molecular weight is 263 g/mol. The van der Waals surface area contributed by atoms with Gasteiger partial charge in [0.25, 0.3) is 0 Å². The normalized spacial score (nSPS) is 20.7. The largest absolute Gasteiger partial charge is 0.384 e. The van der Waals surface area contributed by atoms with Crippen molar-refractivity contribution in [2.45, 2.75) is 32.4 Å². The van der Waals surface area contributed by atoms with Gasteiger partial charge in [0.05, 0.1) is 6.61 Å². The molecule has 0 aliphatic carbocycles. The van der Waals surface area contributed by atoms with Crippen LogP contribution in [0.1, 0.15) is 19.4 Å². The summed E-state index contributed by atoms with van der Waals surface area (Å²) in [5.41, 5.74) is 6.50. The van der Waals surface area contributed by atoms with E-state index in [0.29, 0.717) is 31.4 Å². The zero-order valence-electron chi connectivity index (χ0n) is 11.5. The molecule has 0 amide bonds. The lowest BCUT2D eigenvalue weighted by Gasteiger charge is -2.34. The maximum Gasteiger partial charge on any atom is 0.167 e. The van der Waals surface area contributed by atoms with Crippen molar-refractivity contribution in [3.63, 3.8) is 0 Å². The molecule has 1 atom stereocenters. The number of ketones is 1. The van der Waals surface area contributed by atoms with Crippen LogP contribution in [0.4, 0.5) is 5.82 Å². The minimum Gasteiger partial charge on any atom is -0.384 e. The topological polar surface area (TPSA) is 68.5 Å². The summed E-state index contributed by atoms with van der Waals surface area (Å²) < 4.78 is 5.58. The van der Waals surface area contributed by atoms with Gasteiger partial charge in [0.2, 0.25) is 0 Å². The lowest BCUT2D eigenvalue weighted by Crippen LogP contribution is -2.49. The second-order valence-corrected chi connectivity index (χ2v) is 5.18. The summed E-state index contributed by atoms with van der Waals surface area (Å²) in [6, 6.07) is 3.99. The highest BCUT2D eigenvalue weighted by Crippen LogP contribution is 2.12. The molecule has 5 nitrogen and oxygen atoms in total. The van der Waals surface area contributed by atoms with Crippen LogP contribution in [-0.2, 0) is 16.0 Å².